The second kappa shape index (κ2) is 8.82. The van der Waals surface area contributed by atoms with Gasteiger partial charge in [0.25, 0.3) is 0 Å². The summed E-state index contributed by atoms with van der Waals surface area (Å²) in [5, 5.41) is 3.48. The molecule has 0 saturated carbocycles. The maximum atomic E-state index is 5.72. The minimum absolute atomic E-state index is 0.695. The molecule has 4 heteroatoms. The van der Waals surface area contributed by atoms with Crippen molar-refractivity contribution in [2.75, 3.05) is 52.8 Å². The molecule has 0 spiro atoms. The average Bonchev–Trinajstić information content (AvgIpc) is 2.38. The van der Waals surface area contributed by atoms with Gasteiger partial charge in [0.15, 0.2) is 0 Å². The maximum Gasteiger partial charge on any atom is 0.142 e. The van der Waals surface area contributed by atoms with Crippen LogP contribution in [0.15, 0.2) is 18.2 Å². The second-order valence-corrected chi connectivity index (χ2v) is 5.46. The molecule has 0 amide bonds. The van der Waals surface area contributed by atoms with Crippen molar-refractivity contribution < 1.29 is 4.74 Å². The predicted molar refractivity (Wildman–Crippen MR) is 86.8 cm³/mol. The first-order valence-corrected chi connectivity index (χ1v) is 7.33. The Bertz CT molecular complexity index is 391. The van der Waals surface area contributed by atoms with Crippen LogP contribution in [-0.2, 0) is 6.54 Å². The summed E-state index contributed by atoms with van der Waals surface area (Å²) in [7, 11) is 8.29. The highest BCUT2D eigenvalue weighted by Crippen LogP contribution is 2.28. The molecular weight excluding hydrogens is 250 g/mol. The Balaban J connectivity index is 2.52. The normalized spacial score (nSPS) is 10.9. The number of nitrogens with zero attached hydrogens (tertiary/aromatic N) is 2. The van der Waals surface area contributed by atoms with Gasteiger partial charge in [-0.05, 0) is 58.2 Å². The Kier molecular flexibility index (Phi) is 7.41. The molecule has 0 bridgehead atoms. The fraction of sp³-hybridized carbons (Fsp3) is 0.625. The number of nitrogens with one attached hydrogen (secondary N) is 1. The lowest BCUT2D eigenvalue weighted by Gasteiger charge is -2.18. The Hall–Kier alpha value is -1.26. The third kappa shape index (κ3) is 5.80. The molecule has 0 unspecified atom stereocenters. The fourth-order valence-corrected chi connectivity index (χ4v) is 2.06. The lowest BCUT2D eigenvalue weighted by atomic mass is 10.1. The van der Waals surface area contributed by atoms with E-state index in [9.17, 15) is 0 Å². The largest absolute Gasteiger partial charge is 0.492 e. The summed E-state index contributed by atoms with van der Waals surface area (Å²) in [6, 6.07) is 6.43. The van der Waals surface area contributed by atoms with Crippen LogP contribution >= 0.6 is 0 Å². The molecule has 20 heavy (non-hydrogen) atoms. The fourth-order valence-electron chi connectivity index (χ4n) is 2.06. The molecule has 4 nitrogen and oxygen atoms in total. The van der Waals surface area contributed by atoms with Crippen molar-refractivity contribution in [3.05, 3.63) is 23.8 Å². The summed E-state index contributed by atoms with van der Waals surface area (Å²) in [6.45, 7) is 5.77. The van der Waals surface area contributed by atoms with Crippen LogP contribution in [0.5, 0.6) is 5.75 Å². The van der Waals surface area contributed by atoms with Gasteiger partial charge in [-0.2, -0.15) is 0 Å². The van der Waals surface area contributed by atoms with Crippen molar-refractivity contribution in [1.82, 2.24) is 10.2 Å². The van der Waals surface area contributed by atoms with Crippen molar-refractivity contribution in [3.8, 4) is 5.75 Å². The molecule has 0 aliphatic heterocycles. The highest BCUT2D eigenvalue weighted by atomic mass is 16.5. The van der Waals surface area contributed by atoms with E-state index in [2.05, 4.69) is 47.4 Å². The molecule has 0 fully saturated rings. The average molecular weight is 279 g/mol. The molecule has 0 radical (unpaired) electrons. The number of benzene rings is 1. The number of anilines is 1. The number of hydrogen-bond acceptors (Lipinski definition) is 4. The summed E-state index contributed by atoms with van der Waals surface area (Å²) in [6.07, 6.45) is 1.17. The molecule has 0 saturated heterocycles. The summed E-state index contributed by atoms with van der Waals surface area (Å²) in [4.78, 5) is 4.29. The number of rotatable bonds is 9. The van der Waals surface area contributed by atoms with Gasteiger partial charge in [0.2, 0.25) is 0 Å². The molecular formula is C16H29N3O. The van der Waals surface area contributed by atoms with Gasteiger partial charge in [0.1, 0.15) is 5.75 Å². The Morgan fingerprint density at radius 1 is 1.15 bits per heavy atom. The zero-order chi connectivity index (χ0) is 15.0. The lowest BCUT2D eigenvalue weighted by molar-refractivity contribution is 0.340. The minimum atomic E-state index is 0.695. The maximum absolute atomic E-state index is 5.72. The van der Waals surface area contributed by atoms with Gasteiger partial charge in [0.05, 0.1) is 12.3 Å². The van der Waals surface area contributed by atoms with Crippen LogP contribution in [0, 0.1) is 0 Å². The van der Waals surface area contributed by atoms with E-state index in [1.54, 1.807) is 0 Å². The molecule has 1 aromatic carbocycles. The molecule has 114 valence electrons. The standard InChI is InChI=1S/C16H29N3O/c1-6-20-16-12-14(8-9-15(16)19(4)5)13-17-10-7-11-18(2)3/h8-9,12,17H,6-7,10-11,13H2,1-5H3. The van der Waals surface area contributed by atoms with Crippen molar-refractivity contribution in [1.29, 1.82) is 0 Å². The first-order chi connectivity index (χ1) is 9.54. The van der Waals surface area contributed by atoms with Gasteiger partial charge in [-0.1, -0.05) is 6.07 Å². The number of ether oxygens (including phenoxy) is 1. The van der Waals surface area contributed by atoms with Crippen molar-refractivity contribution in [2.45, 2.75) is 19.9 Å². The van der Waals surface area contributed by atoms with Gasteiger partial charge in [-0.15, -0.1) is 0 Å². The smallest absolute Gasteiger partial charge is 0.142 e. The SMILES string of the molecule is CCOc1cc(CNCCCN(C)C)ccc1N(C)C. The van der Waals surface area contributed by atoms with Gasteiger partial charge in [-0.25, -0.2) is 0 Å². The second-order valence-electron chi connectivity index (χ2n) is 5.46. The van der Waals surface area contributed by atoms with Crippen LogP contribution < -0.4 is 15.0 Å². The van der Waals surface area contributed by atoms with E-state index in [1.165, 1.54) is 12.0 Å². The van der Waals surface area contributed by atoms with E-state index in [0.717, 1.165) is 31.1 Å². The van der Waals surface area contributed by atoms with Gasteiger partial charge >= 0.3 is 0 Å². The zero-order valence-electron chi connectivity index (χ0n) is 13.6. The topological polar surface area (TPSA) is 27.7 Å². The summed E-state index contributed by atoms with van der Waals surface area (Å²) in [5.74, 6) is 0.963. The molecule has 0 aromatic heterocycles. The lowest BCUT2D eigenvalue weighted by Crippen LogP contribution is -2.21. The molecule has 0 heterocycles. The minimum Gasteiger partial charge on any atom is -0.492 e. The third-order valence-corrected chi connectivity index (χ3v) is 3.09. The van der Waals surface area contributed by atoms with E-state index in [0.29, 0.717) is 6.61 Å². The van der Waals surface area contributed by atoms with Crippen molar-refractivity contribution in [3.63, 3.8) is 0 Å². The van der Waals surface area contributed by atoms with Crippen LogP contribution in [0.4, 0.5) is 5.69 Å². The first-order valence-electron chi connectivity index (χ1n) is 7.33. The zero-order valence-corrected chi connectivity index (χ0v) is 13.6. The molecule has 0 aliphatic rings. The quantitative estimate of drug-likeness (QED) is 0.701. The molecule has 1 aromatic rings. The Morgan fingerprint density at radius 3 is 2.50 bits per heavy atom. The first kappa shape index (κ1) is 16.8. The molecule has 1 rings (SSSR count). The van der Waals surface area contributed by atoms with Gasteiger partial charge in [0, 0.05) is 20.6 Å². The third-order valence-electron chi connectivity index (χ3n) is 3.09. The van der Waals surface area contributed by atoms with Gasteiger partial charge < -0.3 is 19.9 Å². The molecule has 1 N–H and O–H groups in total. The van der Waals surface area contributed by atoms with E-state index in [4.69, 9.17) is 4.74 Å². The molecule has 0 atom stereocenters. The van der Waals surface area contributed by atoms with Crippen LogP contribution in [0.3, 0.4) is 0 Å². The highest BCUT2D eigenvalue weighted by Gasteiger charge is 2.06. The van der Waals surface area contributed by atoms with Crippen LogP contribution in [0.1, 0.15) is 18.9 Å². The van der Waals surface area contributed by atoms with Crippen molar-refractivity contribution in [2.24, 2.45) is 0 Å². The van der Waals surface area contributed by atoms with Crippen LogP contribution in [-0.4, -0.2) is 52.8 Å². The highest BCUT2D eigenvalue weighted by molar-refractivity contribution is 5.58. The van der Waals surface area contributed by atoms with E-state index in [1.807, 2.05) is 21.0 Å². The monoisotopic (exact) mass is 279 g/mol. The van der Waals surface area contributed by atoms with Crippen molar-refractivity contribution >= 4 is 5.69 Å². The van der Waals surface area contributed by atoms with E-state index >= 15 is 0 Å². The van der Waals surface area contributed by atoms with E-state index in [-0.39, 0.29) is 0 Å². The van der Waals surface area contributed by atoms with Crippen LogP contribution in [0.25, 0.3) is 0 Å². The van der Waals surface area contributed by atoms with Crippen LogP contribution in [0.2, 0.25) is 0 Å². The Morgan fingerprint density at radius 2 is 1.90 bits per heavy atom. The summed E-state index contributed by atoms with van der Waals surface area (Å²) < 4.78 is 5.72. The van der Waals surface area contributed by atoms with E-state index < -0.39 is 0 Å². The Labute approximate surface area is 123 Å². The summed E-state index contributed by atoms with van der Waals surface area (Å²) in [5.41, 5.74) is 2.40. The number of hydrogen-bond donors (Lipinski definition) is 1. The molecule has 0 aliphatic carbocycles. The predicted octanol–water partition coefficient (Wildman–Crippen LogP) is 2.19. The summed E-state index contributed by atoms with van der Waals surface area (Å²) >= 11 is 0. The van der Waals surface area contributed by atoms with Gasteiger partial charge in [-0.3, -0.25) is 0 Å².